The number of pyridine rings is 1. The van der Waals surface area contributed by atoms with Crippen LogP contribution in [0.5, 0.6) is 11.5 Å². The second-order valence-corrected chi connectivity index (χ2v) is 5.94. The van der Waals surface area contributed by atoms with E-state index in [0.29, 0.717) is 12.2 Å². The molecule has 6 heteroatoms. The Labute approximate surface area is 158 Å². The van der Waals surface area contributed by atoms with E-state index in [1.54, 1.807) is 6.20 Å². The molecule has 1 heterocycles. The van der Waals surface area contributed by atoms with Crippen LogP contribution < -0.4 is 15.8 Å². The van der Waals surface area contributed by atoms with Crippen molar-refractivity contribution in [2.75, 3.05) is 12.4 Å². The fourth-order valence-electron chi connectivity index (χ4n) is 2.51. The van der Waals surface area contributed by atoms with Gasteiger partial charge in [0.2, 0.25) is 0 Å². The highest BCUT2D eigenvalue weighted by Crippen LogP contribution is 2.24. The molecule has 0 bridgehead atoms. The minimum Gasteiger partial charge on any atom is -0.468 e. The van der Waals surface area contributed by atoms with Crippen molar-refractivity contribution < 1.29 is 14.3 Å². The third-order valence-corrected chi connectivity index (χ3v) is 3.91. The normalized spacial score (nSPS) is 11.5. The van der Waals surface area contributed by atoms with Gasteiger partial charge < -0.3 is 20.5 Å². The standard InChI is InChI=1S/C21H21N3O3/c1-26-21(25)19(22)14-15-5-9-17(10-6-15)27-18-11-7-16(8-12-18)24-20-4-2-3-13-23-20/h2-13,19H,14,22H2,1H3,(H,23,24)/t19-/m0/s1. The second-order valence-electron chi connectivity index (χ2n) is 5.94. The van der Waals surface area contributed by atoms with E-state index in [0.717, 1.165) is 22.8 Å². The second kappa shape index (κ2) is 8.82. The van der Waals surface area contributed by atoms with Crippen molar-refractivity contribution in [3.8, 4) is 11.5 Å². The molecule has 0 aliphatic carbocycles. The van der Waals surface area contributed by atoms with Gasteiger partial charge in [-0.05, 0) is 60.5 Å². The number of anilines is 2. The van der Waals surface area contributed by atoms with Gasteiger partial charge >= 0.3 is 5.97 Å². The number of benzene rings is 2. The number of ether oxygens (including phenoxy) is 2. The zero-order chi connectivity index (χ0) is 19.1. The predicted octanol–water partition coefficient (Wildman–Crippen LogP) is 3.66. The Balaban J connectivity index is 1.58. The molecule has 0 saturated carbocycles. The maximum absolute atomic E-state index is 11.4. The molecule has 6 nitrogen and oxygen atoms in total. The molecule has 1 atom stereocenters. The lowest BCUT2D eigenvalue weighted by atomic mass is 10.1. The van der Waals surface area contributed by atoms with Crippen molar-refractivity contribution in [1.82, 2.24) is 4.98 Å². The molecule has 138 valence electrons. The number of esters is 1. The van der Waals surface area contributed by atoms with Crippen molar-refractivity contribution in [3.63, 3.8) is 0 Å². The van der Waals surface area contributed by atoms with Crippen molar-refractivity contribution in [2.45, 2.75) is 12.5 Å². The van der Waals surface area contributed by atoms with Gasteiger partial charge in [-0.1, -0.05) is 18.2 Å². The quantitative estimate of drug-likeness (QED) is 0.623. The van der Waals surface area contributed by atoms with Gasteiger partial charge in [0, 0.05) is 11.9 Å². The number of nitrogens with one attached hydrogen (secondary N) is 1. The van der Waals surface area contributed by atoms with Crippen LogP contribution in [-0.4, -0.2) is 24.1 Å². The Morgan fingerprint density at radius 3 is 2.30 bits per heavy atom. The van der Waals surface area contributed by atoms with Gasteiger partial charge in [-0.3, -0.25) is 4.79 Å². The SMILES string of the molecule is COC(=O)[C@@H](N)Cc1ccc(Oc2ccc(Nc3ccccn3)cc2)cc1. The Morgan fingerprint density at radius 2 is 1.70 bits per heavy atom. The maximum atomic E-state index is 11.4. The number of aromatic nitrogens is 1. The van der Waals surface area contributed by atoms with E-state index < -0.39 is 12.0 Å². The van der Waals surface area contributed by atoms with Crippen molar-refractivity contribution in [2.24, 2.45) is 5.73 Å². The summed E-state index contributed by atoms with van der Waals surface area (Å²) in [4.78, 5) is 15.6. The van der Waals surface area contributed by atoms with Gasteiger partial charge in [0.25, 0.3) is 0 Å². The van der Waals surface area contributed by atoms with Gasteiger partial charge in [-0.25, -0.2) is 4.98 Å². The highest BCUT2D eigenvalue weighted by atomic mass is 16.5. The summed E-state index contributed by atoms with van der Waals surface area (Å²) in [5.74, 6) is 1.79. The minimum atomic E-state index is -0.666. The van der Waals surface area contributed by atoms with E-state index in [1.807, 2.05) is 66.7 Å². The number of hydrogen-bond donors (Lipinski definition) is 2. The highest BCUT2D eigenvalue weighted by Gasteiger charge is 2.14. The van der Waals surface area contributed by atoms with Crippen LogP contribution >= 0.6 is 0 Å². The molecule has 0 unspecified atom stereocenters. The van der Waals surface area contributed by atoms with Crippen molar-refractivity contribution >= 4 is 17.5 Å². The maximum Gasteiger partial charge on any atom is 0.322 e. The summed E-state index contributed by atoms with van der Waals surface area (Å²) < 4.78 is 10.5. The summed E-state index contributed by atoms with van der Waals surface area (Å²) in [6, 6.07) is 20.1. The van der Waals surface area contributed by atoms with Crippen LogP contribution in [0, 0.1) is 0 Å². The first-order valence-electron chi connectivity index (χ1n) is 8.52. The summed E-state index contributed by atoms with van der Waals surface area (Å²) in [6.07, 6.45) is 2.16. The third-order valence-electron chi connectivity index (χ3n) is 3.91. The first-order chi connectivity index (χ1) is 13.1. The lowest BCUT2D eigenvalue weighted by molar-refractivity contribution is -0.142. The van der Waals surface area contributed by atoms with Crippen molar-refractivity contribution in [3.05, 3.63) is 78.5 Å². The summed E-state index contributed by atoms with van der Waals surface area (Å²) in [5, 5.41) is 3.22. The molecule has 3 aromatic rings. The molecule has 0 spiro atoms. The Morgan fingerprint density at radius 1 is 1.04 bits per heavy atom. The Kier molecular flexibility index (Phi) is 6.02. The van der Waals surface area contributed by atoms with Gasteiger partial charge in [0.15, 0.2) is 0 Å². The molecule has 0 amide bonds. The van der Waals surface area contributed by atoms with Crippen molar-refractivity contribution in [1.29, 1.82) is 0 Å². The van der Waals surface area contributed by atoms with Crippen LogP contribution in [0.4, 0.5) is 11.5 Å². The molecule has 1 aromatic heterocycles. The molecule has 0 aliphatic heterocycles. The molecule has 0 aliphatic rings. The van der Waals surface area contributed by atoms with E-state index in [1.165, 1.54) is 7.11 Å². The first-order valence-corrected chi connectivity index (χ1v) is 8.52. The number of carbonyl (C=O) groups is 1. The van der Waals surface area contributed by atoms with Crippen LogP contribution in [0.2, 0.25) is 0 Å². The van der Waals surface area contributed by atoms with E-state index in [-0.39, 0.29) is 0 Å². The molecule has 0 radical (unpaired) electrons. The smallest absolute Gasteiger partial charge is 0.322 e. The minimum absolute atomic E-state index is 0.418. The number of hydrogen-bond acceptors (Lipinski definition) is 6. The first kappa shape index (κ1) is 18.4. The summed E-state index contributed by atoms with van der Waals surface area (Å²) in [5.41, 5.74) is 7.64. The summed E-state index contributed by atoms with van der Waals surface area (Å²) >= 11 is 0. The zero-order valence-corrected chi connectivity index (χ0v) is 15.0. The van der Waals surface area contributed by atoms with Crippen LogP contribution in [-0.2, 0) is 16.0 Å². The van der Waals surface area contributed by atoms with Crippen LogP contribution in [0.3, 0.4) is 0 Å². The molecule has 3 rings (SSSR count). The molecule has 27 heavy (non-hydrogen) atoms. The average molecular weight is 363 g/mol. The van der Waals surface area contributed by atoms with Crippen LogP contribution in [0.15, 0.2) is 72.9 Å². The third kappa shape index (κ3) is 5.29. The van der Waals surface area contributed by atoms with E-state index in [9.17, 15) is 4.79 Å². The number of rotatable bonds is 7. The fraction of sp³-hybridized carbons (Fsp3) is 0.143. The zero-order valence-electron chi connectivity index (χ0n) is 15.0. The molecule has 0 fully saturated rings. The number of nitrogens with zero attached hydrogens (tertiary/aromatic N) is 1. The van der Waals surface area contributed by atoms with Crippen LogP contribution in [0.1, 0.15) is 5.56 Å². The van der Waals surface area contributed by atoms with Gasteiger partial charge in [-0.2, -0.15) is 0 Å². The Bertz CT molecular complexity index is 865. The van der Waals surface area contributed by atoms with Crippen LogP contribution in [0.25, 0.3) is 0 Å². The Hall–Kier alpha value is -3.38. The largest absolute Gasteiger partial charge is 0.468 e. The monoisotopic (exact) mass is 363 g/mol. The summed E-state index contributed by atoms with van der Waals surface area (Å²) in [7, 11) is 1.33. The fourth-order valence-corrected chi connectivity index (χ4v) is 2.51. The highest BCUT2D eigenvalue weighted by molar-refractivity contribution is 5.75. The van der Waals surface area contributed by atoms with E-state index in [4.69, 9.17) is 10.5 Å². The lowest BCUT2D eigenvalue weighted by Gasteiger charge is -2.11. The number of methoxy groups -OCH3 is 1. The predicted molar refractivity (Wildman–Crippen MR) is 104 cm³/mol. The van der Waals surface area contributed by atoms with Gasteiger partial charge in [0.1, 0.15) is 23.4 Å². The number of carbonyl (C=O) groups excluding carboxylic acids is 1. The number of nitrogens with two attached hydrogens (primary N) is 1. The molecule has 2 aromatic carbocycles. The van der Waals surface area contributed by atoms with Gasteiger partial charge in [0.05, 0.1) is 7.11 Å². The molecule has 0 saturated heterocycles. The molecule has 3 N–H and O–H groups in total. The topological polar surface area (TPSA) is 86.5 Å². The summed E-state index contributed by atoms with van der Waals surface area (Å²) in [6.45, 7) is 0. The van der Waals surface area contributed by atoms with E-state index >= 15 is 0 Å². The molecular formula is C21H21N3O3. The van der Waals surface area contributed by atoms with Gasteiger partial charge in [-0.15, -0.1) is 0 Å². The molecular weight excluding hydrogens is 342 g/mol. The lowest BCUT2D eigenvalue weighted by Crippen LogP contribution is -2.33. The average Bonchev–Trinajstić information content (AvgIpc) is 2.71. The van der Waals surface area contributed by atoms with E-state index in [2.05, 4.69) is 15.0 Å².